The fraction of sp³-hybridized carbons (Fsp3) is 0.529. The Morgan fingerprint density at radius 3 is 2.42 bits per heavy atom. The summed E-state index contributed by atoms with van der Waals surface area (Å²) in [6.07, 6.45) is 6.20. The Morgan fingerprint density at radius 2 is 1.83 bits per heavy atom. The lowest BCUT2D eigenvalue weighted by Crippen LogP contribution is -2.27. The molecule has 1 fully saturated rings. The second kappa shape index (κ2) is 7.03. The van der Waals surface area contributed by atoms with E-state index in [-0.39, 0.29) is 10.8 Å². The average Bonchev–Trinajstić information content (AvgIpc) is 3.02. The Labute approximate surface area is 142 Å². The minimum absolute atomic E-state index is 0.255. The van der Waals surface area contributed by atoms with Crippen LogP contribution >= 0.6 is 0 Å². The second-order valence-electron chi connectivity index (χ2n) is 6.43. The van der Waals surface area contributed by atoms with Crippen molar-refractivity contribution in [2.45, 2.75) is 62.8 Å². The largest absolute Gasteiger partial charge is 0.338 e. The molecule has 1 heterocycles. The lowest BCUT2D eigenvalue weighted by atomic mass is 9.84. The molecule has 1 aliphatic carbocycles. The summed E-state index contributed by atoms with van der Waals surface area (Å²) in [4.78, 5) is 4.31. The summed E-state index contributed by atoms with van der Waals surface area (Å²) in [5.41, 5.74) is 1.23. The van der Waals surface area contributed by atoms with E-state index in [1.165, 1.54) is 37.7 Å². The first kappa shape index (κ1) is 17.1. The van der Waals surface area contributed by atoms with Crippen molar-refractivity contribution in [1.82, 2.24) is 14.9 Å². The van der Waals surface area contributed by atoms with Gasteiger partial charge in [0, 0.05) is 0 Å². The first-order chi connectivity index (χ1) is 11.5. The molecule has 1 aliphatic rings. The van der Waals surface area contributed by atoms with Crippen molar-refractivity contribution in [2.75, 3.05) is 0 Å². The highest BCUT2D eigenvalue weighted by Crippen LogP contribution is 2.33. The molecule has 0 saturated heterocycles. The van der Waals surface area contributed by atoms with Crippen LogP contribution < -0.4 is 4.72 Å². The monoisotopic (exact) mass is 349 g/mol. The van der Waals surface area contributed by atoms with Crippen molar-refractivity contribution < 1.29 is 12.9 Å². The molecule has 24 heavy (non-hydrogen) atoms. The highest BCUT2D eigenvalue weighted by molar-refractivity contribution is 7.89. The van der Waals surface area contributed by atoms with Crippen LogP contribution in [0.5, 0.6) is 0 Å². The average molecular weight is 349 g/mol. The van der Waals surface area contributed by atoms with Gasteiger partial charge in [-0.25, -0.2) is 8.42 Å². The van der Waals surface area contributed by atoms with E-state index in [2.05, 4.69) is 14.9 Å². The maximum Gasteiger partial charge on any atom is 0.244 e. The van der Waals surface area contributed by atoms with Gasteiger partial charge in [-0.3, -0.25) is 0 Å². The molecule has 1 saturated carbocycles. The van der Waals surface area contributed by atoms with E-state index >= 15 is 0 Å². The van der Waals surface area contributed by atoms with Crippen molar-refractivity contribution in [3.05, 3.63) is 41.5 Å². The van der Waals surface area contributed by atoms with Crippen LogP contribution in [0, 0.1) is 6.92 Å². The minimum atomic E-state index is -3.62. The molecule has 7 heteroatoms. The Bertz CT molecular complexity index is 778. The molecule has 0 bridgehead atoms. The molecule has 1 N–H and O–H groups in total. The van der Waals surface area contributed by atoms with Gasteiger partial charge in [0.25, 0.3) is 0 Å². The SMILES string of the molecule is Cc1noc([C@H](C)NS(=O)(=O)c2ccc(C3CCCCC3)cc2)n1. The van der Waals surface area contributed by atoms with Gasteiger partial charge in [0.05, 0.1) is 10.9 Å². The van der Waals surface area contributed by atoms with Crippen LogP contribution in [-0.2, 0) is 10.0 Å². The van der Waals surface area contributed by atoms with E-state index in [9.17, 15) is 8.42 Å². The molecule has 0 unspecified atom stereocenters. The Hall–Kier alpha value is -1.73. The summed E-state index contributed by atoms with van der Waals surface area (Å²) in [7, 11) is -3.62. The molecular weight excluding hydrogens is 326 g/mol. The van der Waals surface area contributed by atoms with Crippen molar-refractivity contribution in [3.8, 4) is 0 Å². The third kappa shape index (κ3) is 3.84. The topological polar surface area (TPSA) is 85.1 Å². The standard InChI is InChI=1S/C17H23N3O3S/c1-12(17-18-13(2)19-23-17)20-24(21,22)16-10-8-15(9-11-16)14-6-4-3-5-7-14/h8-12,14,20H,3-7H2,1-2H3/t12-/m0/s1. The van der Waals surface area contributed by atoms with Gasteiger partial charge >= 0.3 is 0 Å². The fourth-order valence-electron chi connectivity index (χ4n) is 3.20. The Kier molecular flexibility index (Phi) is 5.01. The normalized spacial score (nSPS) is 17.8. The molecule has 1 atom stereocenters. The number of hydrogen-bond acceptors (Lipinski definition) is 5. The molecule has 130 valence electrons. The van der Waals surface area contributed by atoms with E-state index in [4.69, 9.17) is 4.52 Å². The third-order valence-corrected chi connectivity index (χ3v) is 6.07. The molecule has 6 nitrogen and oxygen atoms in total. The van der Waals surface area contributed by atoms with E-state index in [0.29, 0.717) is 11.7 Å². The number of aryl methyl sites for hydroxylation is 1. The lowest BCUT2D eigenvalue weighted by Gasteiger charge is -2.22. The predicted octanol–water partition coefficient (Wildman–Crippen LogP) is 3.47. The number of nitrogens with zero attached hydrogens (tertiary/aromatic N) is 2. The van der Waals surface area contributed by atoms with Crippen LogP contribution in [0.25, 0.3) is 0 Å². The van der Waals surface area contributed by atoms with Crippen LogP contribution in [-0.4, -0.2) is 18.6 Å². The Balaban J connectivity index is 1.72. The van der Waals surface area contributed by atoms with Crippen LogP contribution in [0.15, 0.2) is 33.7 Å². The van der Waals surface area contributed by atoms with Crippen molar-refractivity contribution in [3.63, 3.8) is 0 Å². The molecule has 2 aromatic rings. The van der Waals surface area contributed by atoms with Gasteiger partial charge in [0.2, 0.25) is 15.9 Å². The van der Waals surface area contributed by atoms with Crippen molar-refractivity contribution in [2.24, 2.45) is 0 Å². The van der Waals surface area contributed by atoms with Crippen molar-refractivity contribution in [1.29, 1.82) is 0 Å². The number of nitrogens with one attached hydrogen (secondary N) is 1. The van der Waals surface area contributed by atoms with Gasteiger partial charge in [-0.2, -0.15) is 9.71 Å². The molecule has 0 amide bonds. The number of hydrogen-bond donors (Lipinski definition) is 1. The zero-order valence-corrected chi connectivity index (χ0v) is 14.8. The first-order valence-corrected chi connectivity index (χ1v) is 9.86. The van der Waals surface area contributed by atoms with Crippen LogP contribution in [0.3, 0.4) is 0 Å². The zero-order chi connectivity index (χ0) is 17.2. The van der Waals surface area contributed by atoms with Gasteiger partial charge in [-0.1, -0.05) is 36.6 Å². The maximum absolute atomic E-state index is 12.5. The predicted molar refractivity (Wildman–Crippen MR) is 90.0 cm³/mol. The summed E-state index contributed by atoms with van der Waals surface area (Å²) >= 11 is 0. The number of sulfonamides is 1. The second-order valence-corrected chi connectivity index (χ2v) is 8.14. The Morgan fingerprint density at radius 1 is 1.17 bits per heavy atom. The van der Waals surface area contributed by atoms with Crippen LogP contribution in [0.1, 0.15) is 68.3 Å². The zero-order valence-electron chi connectivity index (χ0n) is 14.0. The highest BCUT2D eigenvalue weighted by Gasteiger charge is 2.22. The molecule has 0 aliphatic heterocycles. The molecule has 1 aromatic heterocycles. The van der Waals surface area contributed by atoms with E-state index in [0.717, 1.165) is 0 Å². The summed E-state index contributed by atoms with van der Waals surface area (Å²) in [5.74, 6) is 1.30. The summed E-state index contributed by atoms with van der Waals surface area (Å²) < 4.78 is 32.6. The summed E-state index contributed by atoms with van der Waals surface area (Å²) in [5, 5.41) is 3.68. The van der Waals surface area contributed by atoms with E-state index in [1.807, 2.05) is 12.1 Å². The number of benzene rings is 1. The van der Waals surface area contributed by atoms with E-state index in [1.54, 1.807) is 26.0 Å². The van der Waals surface area contributed by atoms with Gasteiger partial charge in [0.15, 0.2) is 5.82 Å². The molecule has 0 spiro atoms. The van der Waals surface area contributed by atoms with E-state index < -0.39 is 16.1 Å². The smallest absolute Gasteiger partial charge is 0.244 e. The summed E-state index contributed by atoms with van der Waals surface area (Å²) in [6.45, 7) is 3.37. The van der Waals surface area contributed by atoms with Crippen molar-refractivity contribution >= 4 is 10.0 Å². The molecule has 1 aromatic carbocycles. The molecule has 0 radical (unpaired) electrons. The molecular formula is C17H23N3O3S. The third-order valence-electron chi connectivity index (χ3n) is 4.51. The van der Waals surface area contributed by atoms with Crippen LogP contribution in [0.4, 0.5) is 0 Å². The number of rotatable bonds is 5. The van der Waals surface area contributed by atoms with Gasteiger partial charge in [-0.15, -0.1) is 0 Å². The molecule has 3 rings (SSSR count). The minimum Gasteiger partial charge on any atom is -0.338 e. The van der Waals surface area contributed by atoms with Crippen LogP contribution in [0.2, 0.25) is 0 Å². The maximum atomic E-state index is 12.5. The summed E-state index contributed by atoms with van der Waals surface area (Å²) in [6, 6.07) is 6.66. The lowest BCUT2D eigenvalue weighted by molar-refractivity contribution is 0.351. The highest BCUT2D eigenvalue weighted by atomic mass is 32.2. The quantitative estimate of drug-likeness (QED) is 0.893. The van der Waals surface area contributed by atoms with Gasteiger partial charge in [0.1, 0.15) is 0 Å². The van der Waals surface area contributed by atoms with Gasteiger partial charge < -0.3 is 4.52 Å². The number of aromatic nitrogens is 2. The fourth-order valence-corrected chi connectivity index (χ4v) is 4.39. The van der Waals surface area contributed by atoms with Gasteiger partial charge in [-0.05, 0) is 50.3 Å². The first-order valence-electron chi connectivity index (χ1n) is 8.38.